The number of carbonyl (C=O) groups is 1. The lowest BCUT2D eigenvalue weighted by molar-refractivity contribution is -0.116. The highest BCUT2D eigenvalue weighted by molar-refractivity contribution is 5.90. The normalized spacial score (nSPS) is 11.5. The first-order chi connectivity index (χ1) is 10.3. The van der Waals surface area contributed by atoms with Crippen LogP contribution in [0.15, 0.2) is 28.8 Å². The minimum atomic E-state index is -0.330. The van der Waals surface area contributed by atoms with Crippen LogP contribution in [0.1, 0.15) is 45.3 Å². The van der Waals surface area contributed by atoms with Crippen LogP contribution in [0.3, 0.4) is 0 Å². The summed E-state index contributed by atoms with van der Waals surface area (Å²) in [6.45, 7) is 6.04. The highest BCUT2D eigenvalue weighted by Crippen LogP contribution is 2.19. The first-order valence-corrected chi connectivity index (χ1v) is 7.23. The van der Waals surface area contributed by atoms with E-state index in [1.165, 1.54) is 24.3 Å². The van der Waals surface area contributed by atoms with E-state index in [4.69, 9.17) is 4.52 Å². The molecule has 0 atom stereocenters. The zero-order chi connectivity index (χ0) is 16.2. The number of anilines is 1. The van der Waals surface area contributed by atoms with Gasteiger partial charge in [0.2, 0.25) is 11.8 Å². The van der Waals surface area contributed by atoms with Crippen LogP contribution in [0.25, 0.3) is 0 Å². The SMILES string of the molecule is CC(C)(C)c1noc(CCCC(=O)Nc2ccc(F)cc2)n1. The van der Waals surface area contributed by atoms with Crippen LogP contribution in [-0.4, -0.2) is 16.0 Å². The molecule has 6 heteroatoms. The highest BCUT2D eigenvalue weighted by atomic mass is 19.1. The number of nitrogens with one attached hydrogen (secondary N) is 1. The fraction of sp³-hybridized carbons (Fsp3) is 0.438. The van der Waals surface area contributed by atoms with E-state index in [0.717, 1.165) is 0 Å². The molecule has 1 aromatic carbocycles. The molecule has 0 radical (unpaired) electrons. The highest BCUT2D eigenvalue weighted by Gasteiger charge is 2.20. The van der Waals surface area contributed by atoms with Gasteiger partial charge in [-0.1, -0.05) is 25.9 Å². The van der Waals surface area contributed by atoms with E-state index in [2.05, 4.69) is 15.5 Å². The molecule has 5 nitrogen and oxygen atoms in total. The Labute approximate surface area is 128 Å². The fourth-order valence-electron chi connectivity index (χ4n) is 1.82. The Bertz CT molecular complexity index is 630. The van der Waals surface area contributed by atoms with E-state index in [9.17, 15) is 9.18 Å². The van der Waals surface area contributed by atoms with E-state index in [0.29, 0.717) is 36.7 Å². The molecule has 0 aliphatic carbocycles. The molecule has 0 fully saturated rings. The van der Waals surface area contributed by atoms with Gasteiger partial charge in [-0.25, -0.2) is 4.39 Å². The second-order valence-corrected chi connectivity index (χ2v) is 6.17. The van der Waals surface area contributed by atoms with Gasteiger partial charge in [-0.15, -0.1) is 0 Å². The van der Waals surface area contributed by atoms with Gasteiger partial charge in [0.1, 0.15) is 5.82 Å². The van der Waals surface area contributed by atoms with Crippen molar-refractivity contribution in [2.45, 2.75) is 45.4 Å². The van der Waals surface area contributed by atoms with Crippen LogP contribution in [0.4, 0.5) is 10.1 Å². The van der Waals surface area contributed by atoms with Crippen LogP contribution in [0.5, 0.6) is 0 Å². The Morgan fingerprint density at radius 2 is 1.95 bits per heavy atom. The summed E-state index contributed by atoms with van der Waals surface area (Å²) in [5, 5.41) is 6.65. The number of halogens is 1. The molecule has 0 aliphatic rings. The predicted molar refractivity (Wildman–Crippen MR) is 81.0 cm³/mol. The van der Waals surface area contributed by atoms with E-state index in [1.54, 1.807) is 0 Å². The maximum absolute atomic E-state index is 12.8. The number of carbonyl (C=O) groups excluding carboxylic acids is 1. The van der Waals surface area contributed by atoms with Crippen molar-refractivity contribution in [2.24, 2.45) is 0 Å². The van der Waals surface area contributed by atoms with E-state index in [1.807, 2.05) is 20.8 Å². The molecule has 1 amide bonds. The van der Waals surface area contributed by atoms with Crippen molar-refractivity contribution >= 4 is 11.6 Å². The van der Waals surface area contributed by atoms with Gasteiger partial charge in [-0.05, 0) is 30.7 Å². The molecule has 0 aliphatic heterocycles. The Hall–Kier alpha value is -2.24. The molecule has 2 aromatic rings. The maximum Gasteiger partial charge on any atom is 0.226 e. The number of hydrogen-bond donors (Lipinski definition) is 1. The third kappa shape index (κ3) is 4.65. The molecular weight excluding hydrogens is 285 g/mol. The molecule has 0 spiro atoms. The van der Waals surface area contributed by atoms with Crippen LogP contribution < -0.4 is 5.32 Å². The van der Waals surface area contributed by atoms with Crippen LogP contribution in [0.2, 0.25) is 0 Å². The Morgan fingerprint density at radius 1 is 1.27 bits per heavy atom. The quantitative estimate of drug-likeness (QED) is 0.918. The van der Waals surface area contributed by atoms with E-state index in [-0.39, 0.29) is 17.1 Å². The molecule has 2 rings (SSSR count). The standard InChI is InChI=1S/C16H20FN3O2/c1-16(2,3)15-19-14(22-20-15)6-4-5-13(21)18-12-9-7-11(17)8-10-12/h7-10H,4-6H2,1-3H3,(H,18,21). The average molecular weight is 305 g/mol. The molecule has 0 saturated carbocycles. The molecule has 0 bridgehead atoms. The van der Waals surface area contributed by atoms with Crippen molar-refractivity contribution in [2.75, 3.05) is 5.32 Å². The Kier molecular flexibility index (Phi) is 4.90. The number of hydrogen-bond acceptors (Lipinski definition) is 4. The number of aryl methyl sites for hydroxylation is 1. The lowest BCUT2D eigenvalue weighted by atomic mass is 9.96. The van der Waals surface area contributed by atoms with Gasteiger partial charge < -0.3 is 9.84 Å². The van der Waals surface area contributed by atoms with Crippen LogP contribution in [0, 0.1) is 5.82 Å². The second kappa shape index (κ2) is 6.68. The molecule has 1 heterocycles. The minimum absolute atomic E-state index is 0.123. The topological polar surface area (TPSA) is 68.0 Å². The summed E-state index contributed by atoms with van der Waals surface area (Å²) >= 11 is 0. The molecule has 118 valence electrons. The molecule has 0 unspecified atom stereocenters. The van der Waals surface area contributed by atoms with Gasteiger partial charge >= 0.3 is 0 Å². The molecule has 0 saturated heterocycles. The first-order valence-electron chi connectivity index (χ1n) is 7.23. The largest absolute Gasteiger partial charge is 0.339 e. The Balaban J connectivity index is 1.77. The summed E-state index contributed by atoms with van der Waals surface area (Å²) in [4.78, 5) is 16.1. The predicted octanol–water partition coefficient (Wildman–Crippen LogP) is 3.47. The summed E-state index contributed by atoms with van der Waals surface area (Å²) in [6.07, 6.45) is 1.50. The number of amides is 1. The van der Waals surface area contributed by atoms with Crippen molar-refractivity contribution in [3.63, 3.8) is 0 Å². The lowest BCUT2D eigenvalue weighted by Gasteiger charge is -2.10. The third-order valence-corrected chi connectivity index (χ3v) is 3.06. The van der Waals surface area contributed by atoms with Crippen molar-refractivity contribution in [3.05, 3.63) is 41.8 Å². The lowest BCUT2D eigenvalue weighted by Crippen LogP contribution is -2.13. The molecule has 22 heavy (non-hydrogen) atoms. The smallest absolute Gasteiger partial charge is 0.226 e. The van der Waals surface area contributed by atoms with E-state index < -0.39 is 0 Å². The minimum Gasteiger partial charge on any atom is -0.339 e. The van der Waals surface area contributed by atoms with Crippen molar-refractivity contribution in [1.29, 1.82) is 0 Å². The third-order valence-electron chi connectivity index (χ3n) is 3.06. The number of nitrogens with zero attached hydrogens (tertiary/aromatic N) is 2. The maximum atomic E-state index is 12.8. The van der Waals surface area contributed by atoms with Crippen LogP contribution in [-0.2, 0) is 16.6 Å². The number of aromatic nitrogens is 2. The van der Waals surface area contributed by atoms with Gasteiger partial charge in [-0.3, -0.25) is 4.79 Å². The summed E-state index contributed by atoms with van der Waals surface area (Å²) in [6, 6.07) is 5.67. The summed E-state index contributed by atoms with van der Waals surface area (Å²) < 4.78 is 17.9. The van der Waals surface area contributed by atoms with Gasteiger partial charge in [0.05, 0.1) is 0 Å². The van der Waals surface area contributed by atoms with Crippen molar-refractivity contribution < 1.29 is 13.7 Å². The number of benzene rings is 1. The first kappa shape index (κ1) is 16.1. The summed E-state index contributed by atoms with van der Waals surface area (Å²) in [5.41, 5.74) is 0.432. The van der Waals surface area contributed by atoms with Crippen molar-refractivity contribution in [3.8, 4) is 0 Å². The van der Waals surface area contributed by atoms with Gasteiger partial charge in [0.15, 0.2) is 5.82 Å². The molecular formula is C16H20FN3O2. The molecule has 1 N–H and O–H groups in total. The number of rotatable bonds is 5. The van der Waals surface area contributed by atoms with Gasteiger partial charge in [0, 0.05) is 23.9 Å². The summed E-state index contributed by atoms with van der Waals surface area (Å²) in [5.74, 6) is 0.754. The molecule has 1 aromatic heterocycles. The van der Waals surface area contributed by atoms with E-state index >= 15 is 0 Å². The van der Waals surface area contributed by atoms with Gasteiger partial charge in [0.25, 0.3) is 0 Å². The van der Waals surface area contributed by atoms with Crippen molar-refractivity contribution in [1.82, 2.24) is 10.1 Å². The fourth-order valence-corrected chi connectivity index (χ4v) is 1.82. The Morgan fingerprint density at radius 3 is 2.55 bits per heavy atom. The second-order valence-electron chi connectivity index (χ2n) is 6.17. The van der Waals surface area contributed by atoms with Gasteiger partial charge in [-0.2, -0.15) is 4.98 Å². The summed E-state index contributed by atoms with van der Waals surface area (Å²) in [7, 11) is 0. The monoisotopic (exact) mass is 305 g/mol. The van der Waals surface area contributed by atoms with Crippen LogP contribution >= 0.6 is 0 Å². The zero-order valence-corrected chi connectivity index (χ0v) is 13.0. The zero-order valence-electron chi connectivity index (χ0n) is 13.0. The average Bonchev–Trinajstić information content (AvgIpc) is 2.90.